The van der Waals surface area contributed by atoms with Crippen LogP contribution in [0.15, 0.2) is 42.5 Å². The first-order chi connectivity index (χ1) is 8.56. The molecule has 0 spiro atoms. The van der Waals surface area contributed by atoms with Gasteiger partial charge in [0.05, 0.1) is 5.02 Å². The van der Waals surface area contributed by atoms with Gasteiger partial charge in [0.1, 0.15) is 5.75 Å². The van der Waals surface area contributed by atoms with Crippen molar-refractivity contribution in [1.82, 2.24) is 0 Å². The average molecular weight is 261 g/mol. The van der Waals surface area contributed by atoms with Crippen molar-refractivity contribution in [3.05, 3.63) is 64.2 Å². The van der Waals surface area contributed by atoms with Gasteiger partial charge in [0.25, 0.3) is 0 Å². The summed E-state index contributed by atoms with van der Waals surface area (Å²) in [5, 5.41) is 9.78. The summed E-state index contributed by atoms with van der Waals surface area (Å²) in [6, 6.07) is 14.0. The zero-order valence-corrected chi connectivity index (χ0v) is 11.4. The summed E-state index contributed by atoms with van der Waals surface area (Å²) in [5.41, 5.74) is 3.71. The van der Waals surface area contributed by atoms with Crippen LogP contribution in [0.25, 0.3) is 0 Å². The minimum Gasteiger partial charge on any atom is -0.506 e. The zero-order chi connectivity index (χ0) is 13.1. The van der Waals surface area contributed by atoms with Crippen LogP contribution in [0, 0.1) is 0 Å². The van der Waals surface area contributed by atoms with Crippen LogP contribution in [0.2, 0.25) is 5.02 Å². The number of hydrogen-bond donors (Lipinski definition) is 1. The standard InChI is InChI=1S/C16H17ClO/c1-11(2)14-6-3-12(4-7-14)9-13-5-8-16(18)15(17)10-13/h3-8,10-11,18H,9H2,1-2H3. The molecule has 0 aliphatic heterocycles. The van der Waals surface area contributed by atoms with Crippen molar-refractivity contribution in [3.8, 4) is 5.75 Å². The fraction of sp³-hybridized carbons (Fsp3) is 0.250. The number of halogens is 1. The van der Waals surface area contributed by atoms with Gasteiger partial charge < -0.3 is 5.11 Å². The highest BCUT2D eigenvalue weighted by Gasteiger charge is 2.03. The lowest BCUT2D eigenvalue weighted by Gasteiger charge is -2.07. The summed E-state index contributed by atoms with van der Waals surface area (Å²) in [5.74, 6) is 0.692. The summed E-state index contributed by atoms with van der Waals surface area (Å²) in [7, 11) is 0. The van der Waals surface area contributed by atoms with Crippen molar-refractivity contribution < 1.29 is 5.11 Å². The predicted octanol–water partition coefficient (Wildman–Crippen LogP) is 4.76. The largest absolute Gasteiger partial charge is 0.506 e. The summed E-state index contributed by atoms with van der Waals surface area (Å²) in [4.78, 5) is 0. The molecule has 0 saturated heterocycles. The van der Waals surface area contributed by atoms with E-state index in [-0.39, 0.29) is 5.75 Å². The van der Waals surface area contributed by atoms with Gasteiger partial charge in [-0.1, -0.05) is 55.8 Å². The fourth-order valence-corrected chi connectivity index (χ4v) is 2.12. The second-order valence-corrected chi connectivity index (χ2v) is 5.27. The van der Waals surface area contributed by atoms with Crippen molar-refractivity contribution in [2.75, 3.05) is 0 Å². The molecule has 0 aliphatic rings. The summed E-state index contributed by atoms with van der Waals surface area (Å²) >= 11 is 5.90. The molecule has 0 unspecified atom stereocenters. The Morgan fingerprint density at radius 2 is 1.61 bits per heavy atom. The molecule has 0 fully saturated rings. The van der Waals surface area contributed by atoms with Gasteiger partial charge in [-0.15, -0.1) is 0 Å². The van der Waals surface area contributed by atoms with Gasteiger partial charge in [0, 0.05) is 0 Å². The topological polar surface area (TPSA) is 20.2 Å². The van der Waals surface area contributed by atoms with E-state index in [1.54, 1.807) is 6.07 Å². The first-order valence-electron chi connectivity index (χ1n) is 6.12. The lowest BCUT2D eigenvalue weighted by molar-refractivity contribution is 0.475. The van der Waals surface area contributed by atoms with Gasteiger partial charge in [-0.05, 0) is 41.2 Å². The second kappa shape index (κ2) is 5.45. The molecule has 0 aromatic heterocycles. The SMILES string of the molecule is CC(C)c1ccc(Cc2ccc(O)c(Cl)c2)cc1. The van der Waals surface area contributed by atoms with Gasteiger partial charge in [0.15, 0.2) is 0 Å². The van der Waals surface area contributed by atoms with E-state index in [1.807, 2.05) is 12.1 Å². The molecule has 0 radical (unpaired) electrons. The molecular formula is C16H17ClO. The number of phenols is 1. The molecule has 2 heteroatoms. The highest BCUT2D eigenvalue weighted by molar-refractivity contribution is 6.32. The highest BCUT2D eigenvalue weighted by Crippen LogP contribution is 2.25. The number of rotatable bonds is 3. The quantitative estimate of drug-likeness (QED) is 0.844. The molecule has 1 nitrogen and oxygen atoms in total. The molecule has 0 bridgehead atoms. The molecular weight excluding hydrogens is 244 g/mol. The molecule has 94 valence electrons. The Hall–Kier alpha value is -1.47. The van der Waals surface area contributed by atoms with Gasteiger partial charge in [-0.3, -0.25) is 0 Å². The van der Waals surface area contributed by atoms with Crippen molar-refractivity contribution in [1.29, 1.82) is 0 Å². The maximum Gasteiger partial charge on any atom is 0.134 e. The highest BCUT2D eigenvalue weighted by atomic mass is 35.5. The Bertz CT molecular complexity index is 529. The Morgan fingerprint density at radius 1 is 1.00 bits per heavy atom. The molecule has 2 aromatic rings. The lowest BCUT2D eigenvalue weighted by Crippen LogP contribution is -1.91. The van der Waals surface area contributed by atoms with Crippen LogP contribution >= 0.6 is 11.6 Å². The summed E-state index contributed by atoms with van der Waals surface area (Å²) in [6.45, 7) is 4.38. The zero-order valence-electron chi connectivity index (χ0n) is 10.7. The van der Waals surface area contributed by atoms with E-state index >= 15 is 0 Å². The number of aromatic hydroxyl groups is 1. The van der Waals surface area contributed by atoms with Crippen LogP contribution in [0.5, 0.6) is 5.75 Å². The average Bonchev–Trinajstić information content (AvgIpc) is 2.34. The van der Waals surface area contributed by atoms with Gasteiger partial charge in [-0.2, -0.15) is 0 Å². The third-order valence-electron chi connectivity index (χ3n) is 3.07. The minimum atomic E-state index is 0.135. The van der Waals surface area contributed by atoms with Crippen molar-refractivity contribution in [2.45, 2.75) is 26.2 Å². The second-order valence-electron chi connectivity index (χ2n) is 4.86. The van der Waals surface area contributed by atoms with E-state index in [4.69, 9.17) is 11.6 Å². The van der Waals surface area contributed by atoms with Crippen LogP contribution in [0.1, 0.15) is 36.5 Å². The maximum absolute atomic E-state index is 9.38. The van der Waals surface area contributed by atoms with Crippen LogP contribution in [0.4, 0.5) is 0 Å². The smallest absolute Gasteiger partial charge is 0.134 e. The van der Waals surface area contributed by atoms with E-state index in [0.717, 1.165) is 12.0 Å². The van der Waals surface area contributed by atoms with Gasteiger partial charge in [0.2, 0.25) is 0 Å². The van der Waals surface area contributed by atoms with Crippen LogP contribution in [0.3, 0.4) is 0 Å². The number of hydrogen-bond acceptors (Lipinski definition) is 1. The Morgan fingerprint density at radius 3 is 2.17 bits per heavy atom. The third-order valence-corrected chi connectivity index (χ3v) is 3.37. The molecule has 2 aromatic carbocycles. The van der Waals surface area contributed by atoms with Crippen molar-refractivity contribution >= 4 is 11.6 Å². The van der Waals surface area contributed by atoms with E-state index < -0.39 is 0 Å². The van der Waals surface area contributed by atoms with Crippen molar-refractivity contribution in [3.63, 3.8) is 0 Å². The predicted molar refractivity (Wildman–Crippen MR) is 76.5 cm³/mol. The molecule has 0 saturated carbocycles. The minimum absolute atomic E-state index is 0.135. The first-order valence-corrected chi connectivity index (χ1v) is 6.50. The van der Waals surface area contributed by atoms with Crippen LogP contribution in [-0.2, 0) is 6.42 Å². The molecule has 0 heterocycles. The van der Waals surface area contributed by atoms with Gasteiger partial charge in [-0.25, -0.2) is 0 Å². The Labute approximate surface area is 113 Å². The monoisotopic (exact) mass is 260 g/mol. The van der Waals surface area contributed by atoms with E-state index in [0.29, 0.717) is 10.9 Å². The van der Waals surface area contributed by atoms with Crippen LogP contribution < -0.4 is 0 Å². The van der Waals surface area contributed by atoms with Crippen LogP contribution in [-0.4, -0.2) is 5.11 Å². The van der Waals surface area contributed by atoms with Gasteiger partial charge >= 0.3 is 0 Å². The van der Waals surface area contributed by atoms with E-state index in [1.165, 1.54) is 11.1 Å². The molecule has 0 aliphatic carbocycles. The number of benzene rings is 2. The number of phenolic OH excluding ortho intramolecular Hbond substituents is 1. The van der Waals surface area contributed by atoms with E-state index in [2.05, 4.69) is 38.1 Å². The molecule has 2 rings (SSSR count). The molecule has 18 heavy (non-hydrogen) atoms. The molecule has 1 N–H and O–H groups in total. The Balaban J connectivity index is 2.15. The molecule has 0 amide bonds. The fourth-order valence-electron chi connectivity index (χ4n) is 1.92. The van der Waals surface area contributed by atoms with E-state index in [9.17, 15) is 5.11 Å². The molecule has 0 atom stereocenters. The third kappa shape index (κ3) is 3.05. The summed E-state index contributed by atoms with van der Waals surface area (Å²) < 4.78 is 0. The normalized spacial score (nSPS) is 10.9. The van der Waals surface area contributed by atoms with Crippen molar-refractivity contribution in [2.24, 2.45) is 0 Å². The lowest BCUT2D eigenvalue weighted by atomic mass is 9.99. The maximum atomic E-state index is 9.38. The first kappa shape index (κ1) is 13.0. The Kier molecular flexibility index (Phi) is 3.93. The summed E-state index contributed by atoms with van der Waals surface area (Å²) in [6.07, 6.45) is 0.832.